The van der Waals surface area contributed by atoms with E-state index in [1.54, 1.807) is 16.7 Å². The smallest absolute Gasteiger partial charge is 0.258 e. The molecule has 0 saturated carbocycles. The first-order valence-electron chi connectivity index (χ1n) is 8.58. The summed E-state index contributed by atoms with van der Waals surface area (Å²) in [6.45, 7) is 9.27. The van der Waals surface area contributed by atoms with E-state index in [0.717, 1.165) is 55.5 Å². The fraction of sp³-hybridized carbons (Fsp3) is 0.556. The minimum atomic E-state index is 0. The maximum absolute atomic E-state index is 12.3. The summed E-state index contributed by atoms with van der Waals surface area (Å²) < 4.78 is 1.63. The molecule has 0 amide bonds. The number of aryl methyl sites for hydroxylation is 1. The van der Waals surface area contributed by atoms with Crippen molar-refractivity contribution in [3.8, 4) is 0 Å². The molecule has 6 heteroatoms. The Morgan fingerprint density at radius 3 is 2.79 bits per heavy atom. The molecule has 0 aliphatic carbocycles. The van der Waals surface area contributed by atoms with Gasteiger partial charge < -0.3 is 5.32 Å². The van der Waals surface area contributed by atoms with Crippen molar-refractivity contribution in [3.63, 3.8) is 0 Å². The Labute approximate surface area is 149 Å². The second-order valence-electron chi connectivity index (χ2n) is 6.50. The number of halogens is 1. The topological polar surface area (TPSA) is 49.6 Å². The van der Waals surface area contributed by atoms with Gasteiger partial charge in [0.15, 0.2) is 0 Å². The minimum Gasteiger partial charge on any atom is -0.317 e. The molecular weight excluding hydrogens is 324 g/mol. The summed E-state index contributed by atoms with van der Waals surface area (Å²) in [5.74, 6) is 0.781. The third kappa shape index (κ3) is 4.35. The van der Waals surface area contributed by atoms with Crippen LogP contribution in [0.25, 0.3) is 5.65 Å². The van der Waals surface area contributed by atoms with E-state index in [4.69, 9.17) is 4.98 Å². The summed E-state index contributed by atoms with van der Waals surface area (Å²) in [7, 11) is 0. The first-order chi connectivity index (χ1) is 11.2. The van der Waals surface area contributed by atoms with Gasteiger partial charge in [-0.05, 0) is 63.5 Å². The number of nitrogens with zero attached hydrogens (tertiary/aromatic N) is 3. The lowest BCUT2D eigenvalue weighted by atomic mass is 9.96. The van der Waals surface area contributed by atoms with Crippen LogP contribution in [0.4, 0.5) is 0 Å². The summed E-state index contributed by atoms with van der Waals surface area (Å²) >= 11 is 0. The van der Waals surface area contributed by atoms with Crippen LogP contribution in [-0.2, 0) is 6.54 Å². The predicted molar refractivity (Wildman–Crippen MR) is 100.0 cm³/mol. The fourth-order valence-electron chi connectivity index (χ4n) is 3.32. The molecule has 5 nitrogen and oxygen atoms in total. The Hall–Kier alpha value is -1.43. The number of hydrogen-bond donors (Lipinski definition) is 1. The van der Waals surface area contributed by atoms with Crippen molar-refractivity contribution >= 4 is 18.1 Å². The van der Waals surface area contributed by atoms with Crippen LogP contribution in [0.2, 0.25) is 0 Å². The van der Waals surface area contributed by atoms with E-state index in [2.05, 4.69) is 17.1 Å². The quantitative estimate of drug-likeness (QED) is 0.898. The van der Waals surface area contributed by atoms with E-state index in [0.29, 0.717) is 0 Å². The van der Waals surface area contributed by atoms with Gasteiger partial charge in [-0.2, -0.15) is 0 Å². The van der Waals surface area contributed by atoms with Crippen molar-refractivity contribution in [1.29, 1.82) is 0 Å². The maximum atomic E-state index is 12.3. The van der Waals surface area contributed by atoms with Gasteiger partial charge in [0.25, 0.3) is 5.56 Å². The van der Waals surface area contributed by atoms with Gasteiger partial charge in [0.2, 0.25) is 0 Å². The first-order valence-corrected chi connectivity index (χ1v) is 8.58. The molecule has 3 rings (SSSR count). The average Bonchev–Trinajstić information content (AvgIpc) is 2.55. The summed E-state index contributed by atoms with van der Waals surface area (Å²) in [5.41, 5.74) is 2.71. The molecule has 1 N–H and O–H groups in total. The molecule has 0 unspecified atom stereocenters. The molecule has 0 radical (unpaired) electrons. The van der Waals surface area contributed by atoms with Gasteiger partial charge in [0.1, 0.15) is 5.65 Å². The van der Waals surface area contributed by atoms with Gasteiger partial charge in [-0.15, -0.1) is 12.4 Å². The highest BCUT2D eigenvalue weighted by atomic mass is 35.5. The molecule has 24 heavy (non-hydrogen) atoms. The molecule has 1 fully saturated rings. The van der Waals surface area contributed by atoms with Gasteiger partial charge in [-0.1, -0.05) is 13.0 Å². The molecule has 2 aromatic heterocycles. The molecule has 1 aliphatic heterocycles. The minimum absolute atomic E-state index is 0. The van der Waals surface area contributed by atoms with Gasteiger partial charge in [-0.25, -0.2) is 4.98 Å². The highest BCUT2D eigenvalue weighted by Crippen LogP contribution is 2.18. The molecule has 0 spiro atoms. The molecule has 0 atom stereocenters. The number of fused-ring (bicyclic) bond motifs is 1. The summed E-state index contributed by atoms with van der Waals surface area (Å²) in [6, 6.07) is 5.56. The van der Waals surface area contributed by atoms with Gasteiger partial charge in [-0.3, -0.25) is 14.1 Å². The van der Waals surface area contributed by atoms with Gasteiger partial charge >= 0.3 is 0 Å². The first kappa shape index (κ1) is 18.9. The van der Waals surface area contributed by atoms with Crippen molar-refractivity contribution in [3.05, 3.63) is 46.0 Å². The van der Waals surface area contributed by atoms with Crippen LogP contribution in [-0.4, -0.2) is 40.5 Å². The summed E-state index contributed by atoms with van der Waals surface area (Å²) in [6.07, 6.45) is 4.23. The monoisotopic (exact) mass is 350 g/mol. The fourth-order valence-corrected chi connectivity index (χ4v) is 3.32. The van der Waals surface area contributed by atoms with Crippen LogP contribution in [0, 0.1) is 12.8 Å². The zero-order valence-electron chi connectivity index (χ0n) is 14.5. The van der Waals surface area contributed by atoms with E-state index in [9.17, 15) is 4.79 Å². The van der Waals surface area contributed by atoms with Crippen LogP contribution >= 0.6 is 12.4 Å². The van der Waals surface area contributed by atoms with Crippen LogP contribution < -0.4 is 10.9 Å². The van der Waals surface area contributed by atoms with Gasteiger partial charge in [0, 0.05) is 18.8 Å². The lowest BCUT2D eigenvalue weighted by molar-refractivity contribution is 0.174. The molecule has 2 aromatic rings. The average molecular weight is 351 g/mol. The van der Waals surface area contributed by atoms with E-state index in [1.165, 1.54) is 12.8 Å². The lowest BCUT2D eigenvalue weighted by Crippen LogP contribution is -2.37. The number of likely N-dealkylation sites (tertiary alicyclic amines) is 1. The van der Waals surface area contributed by atoms with Crippen molar-refractivity contribution in [2.45, 2.75) is 33.2 Å². The van der Waals surface area contributed by atoms with Crippen molar-refractivity contribution in [2.24, 2.45) is 5.92 Å². The van der Waals surface area contributed by atoms with E-state index in [1.807, 2.05) is 19.1 Å². The van der Waals surface area contributed by atoms with Crippen molar-refractivity contribution in [2.75, 3.05) is 26.2 Å². The second-order valence-corrected chi connectivity index (χ2v) is 6.50. The molecule has 3 heterocycles. The Kier molecular flexibility index (Phi) is 6.78. The Morgan fingerprint density at radius 1 is 1.33 bits per heavy atom. The van der Waals surface area contributed by atoms with Crippen LogP contribution in [0.3, 0.4) is 0 Å². The number of rotatable bonds is 5. The number of aromatic nitrogens is 2. The normalized spacial score (nSPS) is 16.2. The molecule has 1 aliphatic rings. The Morgan fingerprint density at radius 2 is 2.08 bits per heavy atom. The summed E-state index contributed by atoms with van der Waals surface area (Å²) in [5, 5.41) is 3.44. The van der Waals surface area contributed by atoms with E-state index >= 15 is 0 Å². The van der Waals surface area contributed by atoms with E-state index < -0.39 is 0 Å². The largest absolute Gasteiger partial charge is 0.317 e. The van der Waals surface area contributed by atoms with Crippen molar-refractivity contribution in [1.82, 2.24) is 19.6 Å². The van der Waals surface area contributed by atoms with Crippen molar-refractivity contribution < 1.29 is 0 Å². The SMILES string of the molecule is CCNCC1CCN(Cc2cc(=O)n3cccc(C)c3n2)CC1.Cl. The van der Waals surface area contributed by atoms with Crippen LogP contribution in [0.1, 0.15) is 31.0 Å². The molecule has 1 saturated heterocycles. The third-order valence-electron chi connectivity index (χ3n) is 4.72. The lowest BCUT2D eigenvalue weighted by Gasteiger charge is -2.31. The number of nitrogens with one attached hydrogen (secondary N) is 1. The van der Waals surface area contributed by atoms with Gasteiger partial charge in [0.05, 0.1) is 5.69 Å². The Balaban J connectivity index is 0.00000208. The zero-order valence-corrected chi connectivity index (χ0v) is 15.3. The number of piperidine rings is 1. The van der Waals surface area contributed by atoms with E-state index in [-0.39, 0.29) is 18.0 Å². The number of hydrogen-bond acceptors (Lipinski definition) is 4. The second kappa shape index (κ2) is 8.60. The molecule has 0 bridgehead atoms. The standard InChI is InChI=1S/C18H26N4O.ClH/c1-3-19-12-15-6-9-21(10-7-15)13-16-11-17(23)22-8-4-5-14(2)18(22)20-16;/h4-5,8,11,15,19H,3,6-7,9-10,12-13H2,1-2H3;1H. The highest BCUT2D eigenvalue weighted by Gasteiger charge is 2.19. The third-order valence-corrected chi connectivity index (χ3v) is 4.72. The number of pyridine rings is 1. The zero-order chi connectivity index (χ0) is 16.2. The molecular formula is C18H27ClN4O. The molecule has 132 valence electrons. The maximum Gasteiger partial charge on any atom is 0.258 e. The van der Waals surface area contributed by atoms with Crippen LogP contribution in [0.15, 0.2) is 29.2 Å². The van der Waals surface area contributed by atoms with Crippen LogP contribution in [0.5, 0.6) is 0 Å². The molecule has 0 aromatic carbocycles. The highest BCUT2D eigenvalue weighted by molar-refractivity contribution is 5.85. The Bertz CT molecular complexity index is 723. The predicted octanol–water partition coefficient (Wildman–Crippen LogP) is 2.25. The summed E-state index contributed by atoms with van der Waals surface area (Å²) in [4.78, 5) is 19.4.